The summed E-state index contributed by atoms with van der Waals surface area (Å²) >= 11 is 0. The predicted molar refractivity (Wildman–Crippen MR) is 125 cm³/mol. The average molecular weight is 475 g/mol. The molecule has 0 radical (unpaired) electrons. The summed E-state index contributed by atoms with van der Waals surface area (Å²) in [4.78, 5) is 0.277. The zero-order valence-electron chi connectivity index (χ0n) is 19.1. The molecular formula is C18H42O6S2Si2. The predicted octanol–water partition coefficient (Wildman–Crippen LogP) is 5.10. The first-order chi connectivity index (χ1) is 13.5. The molecule has 0 aliphatic carbocycles. The minimum Gasteiger partial charge on any atom is -0.376 e. The second-order valence-electron chi connectivity index (χ2n) is 6.16. The van der Waals surface area contributed by atoms with E-state index in [1.54, 1.807) is 35.8 Å². The summed E-state index contributed by atoms with van der Waals surface area (Å²) in [5.41, 5.74) is 0. The molecule has 0 fully saturated rings. The van der Waals surface area contributed by atoms with Crippen LogP contribution in [-0.2, 0) is 26.6 Å². The van der Waals surface area contributed by atoms with E-state index in [0.717, 1.165) is 25.7 Å². The van der Waals surface area contributed by atoms with Crippen LogP contribution in [0.5, 0.6) is 0 Å². The highest BCUT2D eigenvalue weighted by atomic mass is 33.1. The second-order valence-corrected chi connectivity index (χ2v) is 15.5. The molecule has 0 heterocycles. The molecule has 0 saturated heterocycles. The molecule has 0 rings (SSSR count). The van der Waals surface area contributed by atoms with Crippen LogP contribution in [0.3, 0.4) is 0 Å². The lowest BCUT2D eigenvalue weighted by Crippen LogP contribution is -2.56. The highest BCUT2D eigenvalue weighted by Gasteiger charge is 2.52. The summed E-state index contributed by atoms with van der Waals surface area (Å²) in [7, 11) is 1.42. The lowest BCUT2D eigenvalue weighted by molar-refractivity contribution is 0.0789. The van der Waals surface area contributed by atoms with Gasteiger partial charge in [-0.2, -0.15) is 0 Å². The molecule has 170 valence electrons. The van der Waals surface area contributed by atoms with Crippen molar-refractivity contribution in [2.75, 3.05) is 40.6 Å². The normalized spacial score (nSPS) is 18.4. The smallest absolute Gasteiger partial charge is 0.376 e. The Kier molecular flexibility index (Phi) is 17.1. The van der Waals surface area contributed by atoms with Crippen LogP contribution in [0.1, 0.15) is 67.2 Å². The van der Waals surface area contributed by atoms with Gasteiger partial charge in [0.15, 0.2) is 0 Å². The summed E-state index contributed by atoms with van der Waals surface area (Å²) < 4.78 is 36.4. The summed E-state index contributed by atoms with van der Waals surface area (Å²) in [6.07, 6.45) is 3.69. The molecule has 0 spiro atoms. The number of hydrogen-bond acceptors (Lipinski definition) is 8. The minimum absolute atomic E-state index is 0.138. The van der Waals surface area contributed by atoms with Crippen molar-refractivity contribution in [2.24, 2.45) is 0 Å². The van der Waals surface area contributed by atoms with Crippen LogP contribution in [0.4, 0.5) is 0 Å². The average Bonchev–Trinajstić information content (AvgIpc) is 2.72. The van der Waals surface area contributed by atoms with Gasteiger partial charge in [0.25, 0.3) is 0 Å². The first-order valence-electron chi connectivity index (χ1n) is 10.5. The van der Waals surface area contributed by atoms with Crippen LogP contribution in [0, 0.1) is 0 Å². The van der Waals surface area contributed by atoms with Gasteiger partial charge >= 0.3 is 17.6 Å². The molecule has 0 aromatic carbocycles. The molecule has 0 aliphatic rings. The fraction of sp³-hybridized carbons (Fsp3) is 1.00. The molecule has 4 unspecified atom stereocenters. The SMILES string of the molecule is CCCO[Si](OC)(OCC)C(CC)SSC(CC)[Si](OC)(OCC)OCCC. The Morgan fingerprint density at radius 2 is 0.964 bits per heavy atom. The minimum atomic E-state index is -2.78. The van der Waals surface area contributed by atoms with Crippen LogP contribution < -0.4 is 0 Å². The quantitative estimate of drug-likeness (QED) is 0.189. The summed E-state index contributed by atoms with van der Waals surface area (Å²) in [5, 5.41) is 0. The van der Waals surface area contributed by atoms with Crippen molar-refractivity contribution in [3.05, 3.63) is 0 Å². The van der Waals surface area contributed by atoms with Gasteiger partial charge < -0.3 is 26.6 Å². The van der Waals surface area contributed by atoms with E-state index in [0.29, 0.717) is 26.4 Å². The molecule has 4 atom stereocenters. The molecule has 6 nitrogen and oxygen atoms in total. The molecule has 28 heavy (non-hydrogen) atoms. The largest absolute Gasteiger partial charge is 0.515 e. The maximum Gasteiger partial charge on any atom is 0.515 e. The molecule has 10 heteroatoms. The Morgan fingerprint density at radius 3 is 1.18 bits per heavy atom. The van der Waals surface area contributed by atoms with Crippen LogP contribution in [0.15, 0.2) is 0 Å². The molecule has 0 aromatic heterocycles. The van der Waals surface area contributed by atoms with Crippen LogP contribution in [0.2, 0.25) is 0 Å². The zero-order chi connectivity index (χ0) is 21.5. The lowest BCUT2D eigenvalue weighted by atomic mass is 10.5. The second kappa shape index (κ2) is 16.6. The lowest BCUT2D eigenvalue weighted by Gasteiger charge is -2.36. The first-order valence-corrected chi connectivity index (χ1v) is 16.4. The monoisotopic (exact) mass is 474 g/mol. The van der Waals surface area contributed by atoms with E-state index in [1.807, 2.05) is 13.8 Å². The topological polar surface area (TPSA) is 55.4 Å². The van der Waals surface area contributed by atoms with E-state index < -0.39 is 17.6 Å². The Morgan fingerprint density at radius 1 is 0.607 bits per heavy atom. The van der Waals surface area contributed by atoms with E-state index in [4.69, 9.17) is 26.6 Å². The van der Waals surface area contributed by atoms with Crippen molar-refractivity contribution in [3.8, 4) is 0 Å². The summed E-state index contributed by atoms with van der Waals surface area (Å²) in [6.45, 7) is 15.0. The fourth-order valence-electron chi connectivity index (χ4n) is 2.73. The molecule has 0 saturated carbocycles. The highest BCUT2D eigenvalue weighted by Crippen LogP contribution is 2.42. The zero-order valence-corrected chi connectivity index (χ0v) is 22.7. The Labute approximate surface area is 183 Å². The Bertz CT molecular complexity index is 352. The molecule has 0 amide bonds. The maximum absolute atomic E-state index is 6.19. The first kappa shape index (κ1) is 28.9. The van der Waals surface area contributed by atoms with Crippen molar-refractivity contribution in [1.29, 1.82) is 0 Å². The summed E-state index contributed by atoms with van der Waals surface area (Å²) in [6, 6.07) is 0. The third-order valence-electron chi connectivity index (χ3n) is 4.09. The van der Waals surface area contributed by atoms with Crippen LogP contribution >= 0.6 is 21.6 Å². The van der Waals surface area contributed by atoms with E-state index >= 15 is 0 Å². The Balaban J connectivity index is 5.42. The van der Waals surface area contributed by atoms with E-state index in [2.05, 4.69) is 27.7 Å². The Hall–Kier alpha value is 0.894. The molecule has 0 bridgehead atoms. The van der Waals surface area contributed by atoms with Gasteiger partial charge in [-0.3, -0.25) is 0 Å². The van der Waals surface area contributed by atoms with Gasteiger partial charge in [-0.1, -0.05) is 49.3 Å². The van der Waals surface area contributed by atoms with Gasteiger partial charge in [0.2, 0.25) is 0 Å². The fourth-order valence-corrected chi connectivity index (χ4v) is 15.0. The van der Waals surface area contributed by atoms with Gasteiger partial charge in [-0.05, 0) is 39.5 Å². The standard InChI is InChI=1S/C18H42O6S2Si2/c1-9-15-23-27(19-7,21-13-5)17(11-3)25-26-18(12-4)28(20-8,22-14-6)24-16-10-2/h17-18H,9-16H2,1-8H3. The van der Waals surface area contributed by atoms with E-state index in [-0.39, 0.29) is 9.75 Å². The van der Waals surface area contributed by atoms with Gasteiger partial charge in [0.05, 0.1) is 9.75 Å². The van der Waals surface area contributed by atoms with Crippen molar-refractivity contribution >= 4 is 39.2 Å². The van der Waals surface area contributed by atoms with Gasteiger partial charge in [-0.15, -0.1) is 0 Å². The van der Waals surface area contributed by atoms with Crippen LogP contribution in [-0.4, -0.2) is 68.0 Å². The van der Waals surface area contributed by atoms with Gasteiger partial charge in [-0.25, -0.2) is 0 Å². The molecule has 0 aromatic rings. The van der Waals surface area contributed by atoms with Crippen molar-refractivity contribution < 1.29 is 26.6 Å². The van der Waals surface area contributed by atoms with Gasteiger partial charge in [0, 0.05) is 40.6 Å². The molecular weight excluding hydrogens is 432 g/mol. The molecule has 0 aliphatic heterocycles. The highest BCUT2D eigenvalue weighted by molar-refractivity contribution is 8.77. The third kappa shape index (κ3) is 8.56. The number of hydrogen-bond donors (Lipinski definition) is 0. The third-order valence-corrected chi connectivity index (χ3v) is 16.7. The maximum atomic E-state index is 6.19. The van der Waals surface area contributed by atoms with Crippen molar-refractivity contribution in [2.45, 2.75) is 77.0 Å². The van der Waals surface area contributed by atoms with Crippen molar-refractivity contribution in [3.63, 3.8) is 0 Å². The van der Waals surface area contributed by atoms with E-state index in [1.165, 1.54) is 0 Å². The molecule has 0 N–H and O–H groups in total. The van der Waals surface area contributed by atoms with Gasteiger partial charge in [0.1, 0.15) is 0 Å². The summed E-state index contributed by atoms with van der Waals surface area (Å²) in [5.74, 6) is 0. The van der Waals surface area contributed by atoms with Crippen molar-refractivity contribution in [1.82, 2.24) is 0 Å². The van der Waals surface area contributed by atoms with Crippen LogP contribution in [0.25, 0.3) is 0 Å². The number of rotatable bonds is 19. The van der Waals surface area contributed by atoms with E-state index in [9.17, 15) is 0 Å².